The zero-order valence-corrected chi connectivity index (χ0v) is 19.2. The van der Waals surface area contributed by atoms with Gasteiger partial charge in [-0.1, -0.05) is 19.3 Å². The zero-order valence-electron chi connectivity index (χ0n) is 18.4. The summed E-state index contributed by atoms with van der Waals surface area (Å²) in [4.78, 5) is 2.34. The number of rotatable bonds is 5. The summed E-state index contributed by atoms with van der Waals surface area (Å²) in [5.74, 6) is 1.18. The summed E-state index contributed by atoms with van der Waals surface area (Å²) < 4.78 is 40.4. The molecule has 0 radical (unpaired) electrons. The van der Waals surface area contributed by atoms with E-state index in [0.717, 1.165) is 13.2 Å². The van der Waals surface area contributed by atoms with E-state index in [4.69, 9.17) is 9.47 Å². The fourth-order valence-electron chi connectivity index (χ4n) is 4.83. The van der Waals surface area contributed by atoms with E-state index in [0.29, 0.717) is 35.6 Å². The van der Waals surface area contributed by atoms with Gasteiger partial charge in [0.1, 0.15) is 16.8 Å². The number of benzene rings is 1. The summed E-state index contributed by atoms with van der Waals surface area (Å²) in [7, 11) is -0.870. The first-order valence-electron chi connectivity index (χ1n) is 11.1. The van der Waals surface area contributed by atoms with E-state index in [-0.39, 0.29) is 10.9 Å². The molecule has 0 bridgehead atoms. The molecular formula is C21H30N6O4S. The van der Waals surface area contributed by atoms with Crippen LogP contribution >= 0.6 is 0 Å². The van der Waals surface area contributed by atoms with Crippen molar-refractivity contribution in [1.29, 1.82) is 0 Å². The van der Waals surface area contributed by atoms with Gasteiger partial charge in [-0.05, 0) is 12.8 Å². The smallest absolute Gasteiger partial charge is 0.286 e. The lowest BCUT2D eigenvalue weighted by Gasteiger charge is -2.33. The number of ether oxygens (including phenoxy) is 2. The van der Waals surface area contributed by atoms with Crippen LogP contribution in [0.1, 0.15) is 32.1 Å². The SMILES string of the molecule is COc1cc2c(cc1OC)S(=O)(=O)N=C(C1CN3CN(NC4CCCCC4)CC3=CN1)N2. The Kier molecular flexibility index (Phi) is 5.64. The normalized spacial score (nSPS) is 25.1. The number of anilines is 1. The van der Waals surface area contributed by atoms with E-state index in [9.17, 15) is 8.42 Å². The highest BCUT2D eigenvalue weighted by Crippen LogP contribution is 2.38. The Labute approximate surface area is 188 Å². The van der Waals surface area contributed by atoms with Gasteiger partial charge < -0.3 is 25.0 Å². The van der Waals surface area contributed by atoms with Crippen molar-refractivity contribution in [1.82, 2.24) is 20.7 Å². The molecule has 1 saturated carbocycles. The number of hydrogen-bond donors (Lipinski definition) is 3. The summed E-state index contributed by atoms with van der Waals surface area (Å²) in [6.07, 6.45) is 8.34. The highest BCUT2D eigenvalue weighted by Gasteiger charge is 2.36. The minimum atomic E-state index is -3.86. The lowest BCUT2D eigenvalue weighted by Crippen LogP contribution is -2.51. The van der Waals surface area contributed by atoms with Gasteiger partial charge in [0.05, 0.1) is 33.1 Å². The van der Waals surface area contributed by atoms with Crippen LogP contribution in [0.4, 0.5) is 5.69 Å². The van der Waals surface area contributed by atoms with Crippen LogP contribution in [-0.4, -0.2) is 70.2 Å². The van der Waals surface area contributed by atoms with Gasteiger partial charge in [0.15, 0.2) is 11.5 Å². The predicted molar refractivity (Wildman–Crippen MR) is 121 cm³/mol. The lowest BCUT2D eigenvalue weighted by molar-refractivity contribution is 0.140. The molecule has 5 rings (SSSR count). The van der Waals surface area contributed by atoms with Crippen molar-refractivity contribution in [2.24, 2.45) is 4.40 Å². The minimum Gasteiger partial charge on any atom is -0.493 e. The average Bonchev–Trinajstić information content (AvgIpc) is 3.19. The number of nitrogens with one attached hydrogen (secondary N) is 3. The van der Waals surface area contributed by atoms with Crippen molar-refractivity contribution in [2.45, 2.75) is 49.1 Å². The Morgan fingerprint density at radius 1 is 1.12 bits per heavy atom. The molecule has 1 aromatic rings. The summed E-state index contributed by atoms with van der Waals surface area (Å²) in [5.41, 5.74) is 5.30. The first-order valence-corrected chi connectivity index (χ1v) is 12.5. The first kappa shape index (κ1) is 21.4. The summed E-state index contributed by atoms with van der Waals surface area (Å²) in [6.45, 7) is 2.22. The summed E-state index contributed by atoms with van der Waals surface area (Å²) >= 11 is 0. The molecule has 1 aromatic carbocycles. The molecular weight excluding hydrogens is 432 g/mol. The number of amidine groups is 1. The molecule has 1 atom stereocenters. The largest absolute Gasteiger partial charge is 0.493 e. The van der Waals surface area contributed by atoms with Crippen LogP contribution in [0.25, 0.3) is 0 Å². The Morgan fingerprint density at radius 2 is 1.88 bits per heavy atom. The lowest BCUT2D eigenvalue weighted by atomic mass is 9.96. The second-order valence-corrected chi connectivity index (χ2v) is 10.2. The minimum absolute atomic E-state index is 0.0787. The highest BCUT2D eigenvalue weighted by molar-refractivity contribution is 7.90. The Hall–Kier alpha value is -2.50. The maximum Gasteiger partial charge on any atom is 0.286 e. The van der Waals surface area contributed by atoms with Crippen LogP contribution in [0.3, 0.4) is 0 Å². The molecule has 2 fully saturated rings. The molecule has 3 N–H and O–H groups in total. The van der Waals surface area contributed by atoms with Crippen molar-refractivity contribution in [3.8, 4) is 11.5 Å². The molecule has 0 amide bonds. The van der Waals surface area contributed by atoms with E-state index in [1.54, 1.807) is 6.07 Å². The maximum absolute atomic E-state index is 12.9. The Bertz CT molecular complexity index is 1050. The van der Waals surface area contributed by atoms with Gasteiger partial charge in [0.2, 0.25) is 0 Å². The van der Waals surface area contributed by atoms with Crippen LogP contribution in [0.2, 0.25) is 0 Å². The second-order valence-electron chi connectivity index (χ2n) is 8.66. The number of sulfonamides is 1. The third kappa shape index (κ3) is 4.00. The monoisotopic (exact) mass is 462 g/mol. The topological polar surface area (TPSA) is 108 Å². The summed E-state index contributed by atoms with van der Waals surface area (Å²) in [6, 6.07) is 3.35. The van der Waals surface area contributed by atoms with Crippen molar-refractivity contribution in [3.05, 3.63) is 24.0 Å². The van der Waals surface area contributed by atoms with Crippen LogP contribution in [-0.2, 0) is 10.0 Å². The Morgan fingerprint density at radius 3 is 2.62 bits per heavy atom. The molecule has 11 heteroatoms. The molecule has 3 aliphatic heterocycles. The molecule has 174 valence electrons. The number of nitrogens with zero attached hydrogens (tertiary/aromatic N) is 3. The fourth-order valence-corrected chi connectivity index (χ4v) is 6.00. The maximum atomic E-state index is 12.9. The standard InChI is InChI=1S/C21H30N6O4S/c1-30-18-8-16-20(9-19(18)31-2)32(28,29)25-21(23-16)17-12-26-13-27(11-15(26)10-22-17)24-14-6-4-3-5-7-14/h8-10,14,17,22,24H,3-7,11-13H2,1-2H3,(H,23,25). The fraction of sp³-hybridized carbons (Fsp3) is 0.571. The van der Waals surface area contributed by atoms with Crippen LogP contribution in [0.5, 0.6) is 11.5 Å². The van der Waals surface area contributed by atoms with Gasteiger partial charge in [-0.25, -0.2) is 5.01 Å². The van der Waals surface area contributed by atoms with Gasteiger partial charge in [-0.3, -0.25) is 5.43 Å². The Balaban J connectivity index is 1.31. The number of hydrazine groups is 1. The summed E-state index contributed by atoms with van der Waals surface area (Å²) in [5, 5.41) is 8.78. The molecule has 0 spiro atoms. The third-order valence-electron chi connectivity index (χ3n) is 6.50. The molecule has 10 nitrogen and oxygen atoms in total. The second kappa shape index (κ2) is 8.45. The van der Waals surface area contributed by atoms with Gasteiger partial charge in [-0.15, -0.1) is 4.40 Å². The van der Waals surface area contributed by atoms with E-state index >= 15 is 0 Å². The molecule has 3 heterocycles. The van der Waals surface area contributed by atoms with E-state index in [2.05, 4.69) is 30.4 Å². The first-order chi connectivity index (χ1) is 15.5. The van der Waals surface area contributed by atoms with E-state index in [1.165, 1.54) is 58.1 Å². The number of fused-ring (bicyclic) bond motifs is 2. The predicted octanol–water partition coefficient (Wildman–Crippen LogP) is 1.44. The highest BCUT2D eigenvalue weighted by atomic mass is 32.2. The van der Waals surface area contributed by atoms with Gasteiger partial charge >= 0.3 is 0 Å². The molecule has 0 aromatic heterocycles. The average molecular weight is 463 g/mol. The molecule has 1 saturated heterocycles. The zero-order chi connectivity index (χ0) is 22.3. The quantitative estimate of drug-likeness (QED) is 0.599. The number of methoxy groups -OCH3 is 2. The number of hydrogen-bond acceptors (Lipinski definition) is 9. The van der Waals surface area contributed by atoms with Crippen LogP contribution in [0, 0.1) is 0 Å². The van der Waals surface area contributed by atoms with Crippen molar-refractivity contribution in [2.75, 3.05) is 39.3 Å². The third-order valence-corrected chi connectivity index (χ3v) is 7.83. The van der Waals surface area contributed by atoms with Gasteiger partial charge in [0, 0.05) is 36.6 Å². The van der Waals surface area contributed by atoms with E-state index < -0.39 is 10.0 Å². The molecule has 4 aliphatic rings. The van der Waals surface area contributed by atoms with Crippen molar-refractivity contribution < 1.29 is 17.9 Å². The van der Waals surface area contributed by atoms with Crippen molar-refractivity contribution >= 4 is 21.5 Å². The molecule has 1 unspecified atom stereocenters. The van der Waals surface area contributed by atoms with Crippen molar-refractivity contribution in [3.63, 3.8) is 0 Å². The van der Waals surface area contributed by atoms with Gasteiger partial charge in [0.25, 0.3) is 10.0 Å². The molecule has 1 aliphatic carbocycles. The molecule has 32 heavy (non-hydrogen) atoms. The van der Waals surface area contributed by atoms with Gasteiger partial charge in [-0.2, -0.15) is 8.42 Å². The van der Waals surface area contributed by atoms with Crippen LogP contribution < -0.4 is 25.5 Å². The van der Waals surface area contributed by atoms with Crippen LogP contribution in [0.15, 0.2) is 33.3 Å². The van der Waals surface area contributed by atoms with E-state index in [1.807, 2.05) is 6.20 Å².